The lowest BCUT2D eigenvalue weighted by Gasteiger charge is -2.18. The summed E-state index contributed by atoms with van der Waals surface area (Å²) in [6.45, 7) is 6.64. The molecule has 0 N–H and O–H groups in total. The van der Waals surface area contributed by atoms with E-state index in [4.69, 9.17) is 14.2 Å². The number of hydrogen-bond donors (Lipinski definition) is 0. The Morgan fingerprint density at radius 3 is 0.731 bits per heavy atom. The van der Waals surface area contributed by atoms with Crippen molar-refractivity contribution in [2.45, 2.75) is 367 Å². The third-order valence-corrected chi connectivity index (χ3v) is 15.2. The smallest absolute Gasteiger partial charge is 0.306 e. The molecule has 0 rings (SSSR count). The molecule has 6 nitrogen and oxygen atoms in total. The first-order valence-corrected chi connectivity index (χ1v) is 34.3. The highest BCUT2D eigenvalue weighted by Gasteiger charge is 2.19. The van der Waals surface area contributed by atoms with Gasteiger partial charge in [0.2, 0.25) is 0 Å². The van der Waals surface area contributed by atoms with Gasteiger partial charge in [0.15, 0.2) is 6.10 Å². The molecule has 78 heavy (non-hydrogen) atoms. The Morgan fingerprint density at radius 2 is 0.462 bits per heavy atom. The van der Waals surface area contributed by atoms with Gasteiger partial charge >= 0.3 is 17.9 Å². The Bertz CT molecular complexity index is 1390. The highest BCUT2D eigenvalue weighted by Crippen LogP contribution is 2.17. The summed E-state index contributed by atoms with van der Waals surface area (Å²) in [6.07, 6.45) is 85.3. The van der Waals surface area contributed by atoms with Crippen molar-refractivity contribution in [1.29, 1.82) is 0 Å². The first kappa shape index (κ1) is 75.1. The van der Waals surface area contributed by atoms with E-state index in [1.807, 2.05) is 0 Å². The Hall–Kier alpha value is -2.89. The average Bonchev–Trinajstić information content (AvgIpc) is 3.44. The van der Waals surface area contributed by atoms with Crippen LogP contribution in [-0.4, -0.2) is 37.2 Å². The zero-order valence-corrected chi connectivity index (χ0v) is 52.2. The van der Waals surface area contributed by atoms with E-state index in [9.17, 15) is 14.4 Å². The number of allylic oxidation sites excluding steroid dienone is 10. The van der Waals surface area contributed by atoms with Gasteiger partial charge < -0.3 is 14.2 Å². The molecule has 0 aromatic heterocycles. The number of rotatable bonds is 63. The number of unbranched alkanes of at least 4 members (excludes halogenated alkanes) is 42. The van der Waals surface area contributed by atoms with Gasteiger partial charge in [0.25, 0.3) is 0 Å². The first-order valence-electron chi connectivity index (χ1n) is 34.3. The van der Waals surface area contributed by atoms with Gasteiger partial charge in [0.1, 0.15) is 13.2 Å². The fourth-order valence-electron chi connectivity index (χ4n) is 10.0. The van der Waals surface area contributed by atoms with Gasteiger partial charge in [-0.25, -0.2) is 0 Å². The molecule has 0 aliphatic rings. The van der Waals surface area contributed by atoms with Gasteiger partial charge in [-0.2, -0.15) is 0 Å². The minimum absolute atomic E-state index is 0.0770. The second-order valence-corrected chi connectivity index (χ2v) is 23.1. The van der Waals surface area contributed by atoms with Crippen molar-refractivity contribution < 1.29 is 28.6 Å². The third-order valence-electron chi connectivity index (χ3n) is 15.2. The number of ether oxygens (including phenoxy) is 3. The molecule has 0 amide bonds. The molecule has 0 fully saturated rings. The van der Waals surface area contributed by atoms with E-state index in [1.165, 1.54) is 238 Å². The van der Waals surface area contributed by atoms with E-state index < -0.39 is 6.10 Å². The molecule has 0 saturated heterocycles. The van der Waals surface area contributed by atoms with Crippen molar-refractivity contribution in [2.24, 2.45) is 0 Å². The van der Waals surface area contributed by atoms with Crippen LogP contribution in [0.1, 0.15) is 361 Å². The topological polar surface area (TPSA) is 78.9 Å². The van der Waals surface area contributed by atoms with E-state index in [2.05, 4.69) is 81.5 Å². The molecule has 0 heterocycles. The Kier molecular flexibility index (Phi) is 64.2. The maximum atomic E-state index is 12.9. The summed E-state index contributed by atoms with van der Waals surface area (Å²) in [7, 11) is 0. The monoisotopic (exact) mass is 1090 g/mol. The number of esters is 3. The van der Waals surface area contributed by atoms with Crippen molar-refractivity contribution >= 4 is 17.9 Å². The van der Waals surface area contributed by atoms with Crippen LogP contribution < -0.4 is 0 Å². The van der Waals surface area contributed by atoms with Crippen LogP contribution in [0.3, 0.4) is 0 Å². The molecule has 454 valence electrons. The zero-order valence-electron chi connectivity index (χ0n) is 52.2. The largest absolute Gasteiger partial charge is 0.462 e. The standard InChI is InChI=1S/C72H130O6/c1-4-7-10-13-16-19-22-25-28-29-30-31-32-33-34-35-36-37-38-39-40-41-42-43-45-47-50-53-56-59-62-65-71(74)77-68-69(67-76-70(73)64-61-58-55-52-49-46-27-24-21-18-15-12-9-6-3)78-72(75)66-63-60-57-54-51-48-44-26-23-20-17-14-11-8-5-2/h22,24-27,29-30,32-33,44,69H,4-21,23,28,31,34-43,45-68H2,1-3H3/b25-22-,27-24-,30-29-,33-32-,44-26-. The first-order chi connectivity index (χ1) is 38.5. The molecule has 0 aliphatic heterocycles. The minimum Gasteiger partial charge on any atom is -0.462 e. The Balaban J connectivity index is 4.18. The summed E-state index contributed by atoms with van der Waals surface area (Å²) in [5.74, 6) is -0.875. The molecule has 0 aromatic rings. The van der Waals surface area contributed by atoms with Crippen LogP contribution in [0.15, 0.2) is 60.8 Å². The van der Waals surface area contributed by atoms with Gasteiger partial charge in [-0.05, 0) is 109 Å². The van der Waals surface area contributed by atoms with Gasteiger partial charge in [-0.3, -0.25) is 14.4 Å². The highest BCUT2D eigenvalue weighted by atomic mass is 16.6. The lowest BCUT2D eigenvalue weighted by Crippen LogP contribution is -2.30. The van der Waals surface area contributed by atoms with Gasteiger partial charge in [0.05, 0.1) is 0 Å². The predicted molar refractivity (Wildman–Crippen MR) is 339 cm³/mol. The fraction of sp³-hybridized carbons (Fsp3) is 0.819. The Morgan fingerprint density at radius 1 is 0.256 bits per heavy atom. The number of carbonyl (C=O) groups excluding carboxylic acids is 3. The molecule has 0 aliphatic carbocycles. The maximum Gasteiger partial charge on any atom is 0.306 e. The Labute approximate surface area is 485 Å². The van der Waals surface area contributed by atoms with Crippen LogP contribution in [0.25, 0.3) is 0 Å². The molecule has 0 radical (unpaired) electrons. The van der Waals surface area contributed by atoms with E-state index in [1.54, 1.807) is 0 Å². The lowest BCUT2D eigenvalue weighted by molar-refractivity contribution is -0.167. The van der Waals surface area contributed by atoms with E-state index in [0.29, 0.717) is 19.3 Å². The summed E-state index contributed by atoms with van der Waals surface area (Å²) < 4.78 is 16.9. The van der Waals surface area contributed by atoms with Crippen LogP contribution in [0.2, 0.25) is 0 Å². The molecule has 1 atom stereocenters. The lowest BCUT2D eigenvalue weighted by atomic mass is 10.0. The van der Waals surface area contributed by atoms with Crippen LogP contribution in [-0.2, 0) is 28.6 Å². The van der Waals surface area contributed by atoms with Crippen molar-refractivity contribution in [3.8, 4) is 0 Å². The summed E-state index contributed by atoms with van der Waals surface area (Å²) in [6, 6.07) is 0. The molecular formula is C72H130O6. The molecule has 0 spiro atoms. The zero-order chi connectivity index (χ0) is 56.4. The third kappa shape index (κ3) is 63.9. The summed E-state index contributed by atoms with van der Waals surface area (Å²) in [5, 5.41) is 0. The molecule has 0 bridgehead atoms. The summed E-state index contributed by atoms with van der Waals surface area (Å²) >= 11 is 0. The van der Waals surface area contributed by atoms with E-state index in [-0.39, 0.29) is 31.1 Å². The minimum atomic E-state index is -0.781. The van der Waals surface area contributed by atoms with Crippen molar-refractivity contribution in [3.05, 3.63) is 60.8 Å². The summed E-state index contributed by atoms with van der Waals surface area (Å²) in [5.41, 5.74) is 0. The normalized spacial score (nSPS) is 12.4. The second kappa shape index (κ2) is 66.6. The quantitative estimate of drug-likeness (QED) is 0.0261. The maximum absolute atomic E-state index is 12.9. The molecule has 0 saturated carbocycles. The SMILES string of the molecule is CCCCCCC/C=C\C/C=C\C/C=C\CCCCCCCCCCCCCCCCCCC(=O)OCC(COC(=O)CCCCCCC/C=C\CCCCCCC)OC(=O)CCCCCCC/C=C\CCCCCCCC. The second-order valence-electron chi connectivity index (χ2n) is 23.1. The van der Waals surface area contributed by atoms with E-state index >= 15 is 0 Å². The van der Waals surface area contributed by atoms with Gasteiger partial charge in [-0.1, -0.05) is 293 Å². The van der Waals surface area contributed by atoms with E-state index in [0.717, 1.165) is 83.5 Å². The molecular weight excluding hydrogens is 961 g/mol. The molecule has 6 heteroatoms. The summed E-state index contributed by atoms with van der Waals surface area (Å²) in [4.78, 5) is 38.3. The van der Waals surface area contributed by atoms with Crippen molar-refractivity contribution in [1.82, 2.24) is 0 Å². The predicted octanol–water partition coefficient (Wildman–Crippen LogP) is 23.5. The van der Waals surface area contributed by atoms with Gasteiger partial charge in [0, 0.05) is 19.3 Å². The van der Waals surface area contributed by atoms with Gasteiger partial charge in [-0.15, -0.1) is 0 Å². The van der Waals surface area contributed by atoms with Crippen LogP contribution in [0.4, 0.5) is 0 Å². The molecule has 1 unspecified atom stereocenters. The van der Waals surface area contributed by atoms with Crippen LogP contribution in [0.5, 0.6) is 0 Å². The van der Waals surface area contributed by atoms with Crippen molar-refractivity contribution in [3.63, 3.8) is 0 Å². The van der Waals surface area contributed by atoms with Crippen LogP contribution >= 0.6 is 0 Å². The average molecular weight is 1090 g/mol. The number of hydrogen-bond acceptors (Lipinski definition) is 6. The van der Waals surface area contributed by atoms with Crippen LogP contribution in [0, 0.1) is 0 Å². The molecule has 0 aromatic carbocycles. The fourth-order valence-corrected chi connectivity index (χ4v) is 10.0. The highest BCUT2D eigenvalue weighted by molar-refractivity contribution is 5.71. The van der Waals surface area contributed by atoms with Crippen molar-refractivity contribution in [2.75, 3.05) is 13.2 Å². The number of carbonyl (C=O) groups is 3.